The number of nitrogens with one attached hydrogen (secondary N) is 1. The molecule has 1 N–H and O–H groups in total. The van der Waals surface area contributed by atoms with Crippen LogP contribution in [-0.2, 0) is 14.8 Å². The molecule has 0 aromatic rings. The quantitative estimate of drug-likeness (QED) is 0.828. The van der Waals surface area contributed by atoms with Crippen LogP contribution in [0.3, 0.4) is 0 Å². The normalized spacial score (nSPS) is 21.1. The summed E-state index contributed by atoms with van der Waals surface area (Å²) in [6.45, 7) is 7.00. The molecule has 0 aromatic carbocycles. The third-order valence-corrected chi connectivity index (χ3v) is 3.26. The van der Waals surface area contributed by atoms with Gasteiger partial charge >= 0.3 is 6.09 Å². The van der Waals surface area contributed by atoms with E-state index in [1.54, 1.807) is 4.90 Å². The molecule has 1 amide bonds. The van der Waals surface area contributed by atoms with Crippen molar-refractivity contribution in [3.05, 3.63) is 0 Å². The summed E-state index contributed by atoms with van der Waals surface area (Å²) in [6.07, 6.45) is 1.60. The van der Waals surface area contributed by atoms with Crippen molar-refractivity contribution in [2.45, 2.75) is 32.8 Å². The number of likely N-dealkylation sites (tertiary alicyclic amines) is 1. The molecule has 0 saturated carbocycles. The fourth-order valence-electron chi connectivity index (χ4n) is 1.76. The fraction of sp³-hybridized carbons (Fsp3) is 0.909. The monoisotopic (exact) mass is 278 g/mol. The number of hydrogen-bond donors (Lipinski definition) is 1. The Morgan fingerprint density at radius 1 is 1.44 bits per heavy atom. The molecule has 1 heterocycles. The molecular weight excluding hydrogens is 256 g/mol. The maximum absolute atomic E-state index is 11.8. The van der Waals surface area contributed by atoms with Gasteiger partial charge in [-0.1, -0.05) is 0 Å². The third kappa shape index (κ3) is 5.68. The van der Waals surface area contributed by atoms with Crippen molar-refractivity contribution < 1.29 is 17.9 Å². The summed E-state index contributed by atoms with van der Waals surface area (Å²) in [5, 5.41) is 0. The second-order valence-electron chi connectivity index (χ2n) is 5.70. The predicted molar refractivity (Wildman–Crippen MR) is 68.8 cm³/mol. The Hall–Kier alpha value is -0.820. The molecule has 6 nitrogen and oxygen atoms in total. The molecular formula is C11H22N2O4S. The van der Waals surface area contributed by atoms with E-state index < -0.39 is 15.6 Å². The second-order valence-corrected chi connectivity index (χ2v) is 7.53. The van der Waals surface area contributed by atoms with Gasteiger partial charge in [-0.25, -0.2) is 17.9 Å². The zero-order valence-corrected chi connectivity index (χ0v) is 12.2. The van der Waals surface area contributed by atoms with E-state index in [0.717, 1.165) is 12.7 Å². The summed E-state index contributed by atoms with van der Waals surface area (Å²) >= 11 is 0. The highest BCUT2D eigenvalue weighted by molar-refractivity contribution is 7.88. The largest absolute Gasteiger partial charge is 0.444 e. The van der Waals surface area contributed by atoms with Gasteiger partial charge in [0.25, 0.3) is 0 Å². The van der Waals surface area contributed by atoms with Gasteiger partial charge in [-0.15, -0.1) is 0 Å². The average Bonchev–Trinajstić information content (AvgIpc) is 2.58. The summed E-state index contributed by atoms with van der Waals surface area (Å²) in [6, 6.07) is 0. The second kappa shape index (κ2) is 5.44. The summed E-state index contributed by atoms with van der Waals surface area (Å²) in [5.74, 6) is 0.159. The van der Waals surface area contributed by atoms with Gasteiger partial charge in [0.15, 0.2) is 0 Å². The van der Waals surface area contributed by atoms with Crippen molar-refractivity contribution >= 4 is 16.1 Å². The summed E-state index contributed by atoms with van der Waals surface area (Å²) < 4.78 is 29.7. The van der Waals surface area contributed by atoms with Gasteiger partial charge < -0.3 is 9.64 Å². The summed E-state index contributed by atoms with van der Waals surface area (Å²) in [7, 11) is -3.16. The van der Waals surface area contributed by atoms with Crippen molar-refractivity contribution in [2.24, 2.45) is 5.92 Å². The smallest absolute Gasteiger partial charge is 0.410 e. The molecule has 106 valence electrons. The first-order valence-electron chi connectivity index (χ1n) is 5.99. The van der Waals surface area contributed by atoms with Gasteiger partial charge in [0.05, 0.1) is 6.26 Å². The SMILES string of the molecule is CC(C)(C)OC(=O)N1CC[C@H](CNS(C)(=O)=O)C1. The van der Waals surface area contributed by atoms with E-state index in [4.69, 9.17) is 4.74 Å². The summed E-state index contributed by atoms with van der Waals surface area (Å²) in [4.78, 5) is 13.4. The molecule has 0 aliphatic carbocycles. The number of carbonyl (C=O) groups excluding carboxylic acids is 1. The molecule has 0 spiro atoms. The Bertz CT molecular complexity index is 400. The van der Waals surface area contributed by atoms with E-state index in [9.17, 15) is 13.2 Å². The van der Waals surface area contributed by atoms with Gasteiger partial charge in [-0.3, -0.25) is 0 Å². The van der Waals surface area contributed by atoms with Crippen molar-refractivity contribution in [1.29, 1.82) is 0 Å². The van der Waals surface area contributed by atoms with Gasteiger partial charge in [-0.05, 0) is 33.1 Å². The average molecular weight is 278 g/mol. The number of carbonyl (C=O) groups is 1. The molecule has 1 fully saturated rings. The molecule has 1 aliphatic rings. The summed E-state index contributed by atoms with van der Waals surface area (Å²) in [5.41, 5.74) is -0.500. The Labute approximate surface area is 109 Å². The Morgan fingerprint density at radius 3 is 2.56 bits per heavy atom. The van der Waals surface area contributed by atoms with Gasteiger partial charge in [0.1, 0.15) is 5.60 Å². The molecule has 0 unspecified atom stereocenters. The van der Waals surface area contributed by atoms with Crippen LogP contribution in [0.2, 0.25) is 0 Å². The predicted octanol–water partition coefficient (Wildman–Crippen LogP) is 0.793. The lowest BCUT2D eigenvalue weighted by Crippen LogP contribution is -2.36. The number of ether oxygens (including phenoxy) is 1. The fourth-order valence-corrected chi connectivity index (χ4v) is 2.30. The molecule has 1 rings (SSSR count). The Morgan fingerprint density at radius 2 is 2.06 bits per heavy atom. The van der Waals surface area contributed by atoms with Crippen molar-refractivity contribution in [2.75, 3.05) is 25.9 Å². The van der Waals surface area contributed by atoms with Crippen molar-refractivity contribution in [3.8, 4) is 0 Å². The Balaban J connectivity index is 2.39. The van der Waals surface area contributed by atoms with Crippen molar-refractivity contribution in [3.63, 3.8) is 0 Å². The minimum Gasteiger partial charge on any atom is -0.444 e. The lowest BCUT2D eigenvalue weighted by atomic mass is 10.1. The van der Waals surface area contributed by atoms with Crippen LogP contribution in [-0.4, -0.2) is 50.9 Å². The standard InChI is InChI=1S/C11H22N2O4S/c1-11(2,3)17-10(14)13-6-5-9(8-13)7-12-18(4,15)16/h9,12H,5-8H2,1-4H3/t9-/m1/s1. The van der Waals surface area contributed by atoms with Gasteiger partial charge in [0.2, 0.25) is 10.0 Å². The van der Waals surface area contributed by atoms with Gasteiger partial charge in [-0.2, -0.15) is 0 Å². The number of amides is 1. The molecule has 18 heavy (non-hydrogen) atoms. The number of rotatable bonds is 3. The lowest BCUT2D eigenvalue weighted by molar-refractivity contribution is 0.0288. The first-order chi connectivity index (χ1) is 8.07. The molecule has 1 aliphatic heterocycles. The zero-order chi connectivity index (χ0) is 14.0. The van der Waals surface area contributed by atoms with E-state index in [0.29, 0.717) is 19.6 Å². The van der Waals surface area contributed by atoms with E-state index >= 15 is 0 Å². The molecule has 0 bridgehead atoms. The van der Waals surface area contributed by atoms with Crippen molar-refractivity contribution in [1.82, 2.24) is 9.62 Å². The van der Waals surface area contributed by atoms with E-state index in [2.05, 4.69) is 4.72 Å². The van der Waals surface area contributed by atoms with E-state index in [-0.39, 0.29) is 12.0 Å². The van der Waals surface area contributed by atoms with Gasteiger partial charge in [0, 0.05) is 19.6 Å². The zero-order valence-electron chi connectivity index (χ0n) is 11.4. The highest BCUT2D eigenvalue weighted by atomic mass is 32.2. The van der Waals surface area contributed by atoms with E-state index in [1.165, 1.54) is 0 Å². The highest BCUT2D eigenvalue weighted by Crippen LogP contribution is 2.18. The first kappa shape index (κ1) is 15.2. The van der Waals surface area contributed by atoms with Crippen LogP contribution in [0.25, 0.3) is 0 Å². The highest BCUT2D eigenvalue weighted by Gasteiger charge is 2.29. The number of nitrogens with zero attached hydrogens (tertiary/aromatic N) is 1. The molecule has 0 aromatic heterocycles. The van der Waals surface area contributed by atoms with Crippen LogP contribution in [0.5, 0.6) is 0 Å². The number of sulfonamides is 1. The number of hydrogen-bond acceptors (Lipinski definition) is 4. The molecule has 1 saturated heterocycles. The van der Waals surface area contributed by atoms with Crippen LogP contribution in [0.15, 0.2) is 0 Å². The topological polar surface area (TPSA) is 75.7 Å². The minimum atomic E-state index is -3.16. The molecule has 0 radical (unpaired) electrons. The first-order valence-corrected chi connectivity index (χ1v) is 7.88. The van der Waals surface area contributed by atoms with E-state index in [1.807, 2.05) is 20.8 Å². The van der Waals surface area contributed by atoms with Crippen LogP contribution >= 0.6 is 0 Å². The third-order valence-electron chi connectivity index (χ3n) is 2.57. The van der Waals surface area contributed by atoms with Crippen LogP contribution in [0.1, 0.15) is 27.2 Å². The van der Waals surface area contributed by atoms with Crippen LogP contribution < -0.4 is 4.72 Å². The van der Waals surface area contributed by atoms with Crippen LogP contribution in [0.4, 0.5) is 4.79 Å². The van der Waals surface area contributed by atoms with Crippen LogP contribution in [0, 0.1) is 5.92 Å². The molecule has 7 heteroatoms. The maximum Gasteiger partial charge on any atom is 0.410 e. The maximum atomic E-state index is 11.8. The minimum absolute atomic E-state index is 0.159. The Kier molecular flexibility index (Phi) is 4.61. The molecule has 1 atom stereocenters. The lowest BCUT2D eigenvalue weighted by Gasteiger charge is -2.24.